The average molecular weight is 313 g/mol. The van der Waals surface area contributed by atoms with E-state index in [1.807, 2.05) is 16.9 Å². The van der Waals surface area contributed by atoms with Gasteiger partial charge in [-0.15, -0.1) is 12.4 Å². The normalized spacial score (nSPS) is 31.7. The Morgan fingerprint density at radius 1 is 1.48 bits per heavy atom. The van der Waals surface area contributed by atoms with E-state index in [1.54, 1.807) is 6.20 Å². The highest BCUT2D eigenvalue weighted by atomic mass is 35.5. The predicted molar refractivity (Wildman–Crippen MR) is 83.9 cm³/mol. The Kier molecular flexibility index (Phi) is 5.27. The van der Waals surface area contributed by atoms with Crippen molar-refractivity contribution in [1.29, 1.82) is 0 Å². The molecular formula is C15H25ClN4O. The Morgan fingerprint density at radius 3 is 2.86 bits per heavy atom. The Hall–Kier alpha value is -1.07. The maximum Gasteiger partial charge on any atom is 0.224 e. The van der Waals surface area contributed by atoms with Crippen LogP contribution in [0, 0.1) is 23.7 Å². The van der Waals surface area contributed by atoms with Crippen LogP contribution in [0.2, 0.25) is 0 Å². The first-order valence-electron chi connectivity index (χ1n) is 7.66. The molecule has 21 heavy (non-hydrogen) atoms. The molecule has 2 saturated carbocycles. The number of fused-ring (bicyclic) bond motifs is 2. The molecule has 0 radical (unpaired) electrons. The number of aromatic nitrogens is 2. The highest BCUT2D eigenvalue weighted by Crippen LogP contribution is 2.47. The standard InChI is InChI=1S/C15H24N4O.ClH/c1-10(9-19-6-2-5-18-19)8-17-15(20)13-11-3-4-12(7-11)14(13)16;/h2,5-6,10-14H,3-4,7-9,16H2,1H3,(H,17,20);1H. The summed E-state index contributed by atoms with van der Waals surface area (Å²) in [6.45, 7) is 3.65. The predicted octanol–water partition coefficient (Wildman–Crippen LogP) is 1.43. The van der Waals surface area contributed by atoms with Crippen molar-refractivity contribution in [1.82, 2.24) is 15.1 Å². The molecule has 3 rings (SSSR count). The average Bonchev–Trinajstić information content (AvgIpc) is 3.12. The van der Waals surface area contributed by atoms with Gasteiger partial charge in [-0.25, -0.2) is 0 Å². The molecule has 1 aromatic heterocycles. The number of amides is 1. The van der Waals surface area contributed by atoms with Gasteiger partial charge in [0.15, 0.2) is 0 Å². The van der Waals surface area contributed by atoms with Crippen LogP contribution in [0.5, 0.6) is 0 Å². The van der Waals surface area contributed by atoms with Gasteiger partial charge >= 0.3 is 0 Å². The maximum atomic E-state index is 12.3. The molecule has 2 aliphatic rings. The number of hydrogen-bond acceptors (Lipinski definition) is 3. The molecule has 1 heterocycles. The van der Waals surface area contributed by atoms with Crippen molar-refractivity contribution in [2.75, 3.05) is 6.54 Å². The molecule has 0 saturated heterocycles. The van der Waals surface area contributed by atoms with E-state index in [0.717, 1.165) is 13.0 Å². The molecule has 0 aliphatic heterocycles. The quantitative estimate of drug-likeness (QED) is 0.864. The molecule has 5 unspecified atom stereocenters. The van der Waals surface area contributed by atoms with Crippen LogP contribution < -0.4 is 11.1 Å². The van der Waals surface area contributed by atoms with Gasteiger partial charge in [0, 0.05) is 31.5 Å². The number of nitrogens with zero attached hydrogens (tertiary/aromatic N) is 2. The lowest BCUT2D eigenvalue weighted by atomic mass is 9.84. The van der Waals surface area contributed by atoms with Gasteiger partial charge in [0.1, 0.15) is 0 Å². The second-order valence-corrected chi connectivity index (χ2v) is 6.51. The van der Waals surface area contributed by atoms with E-state index in [9.17, 15) is 4.79 Å². The topological polar surface area (TPSA) is 72.9 Å². The van der Waals surface area contributed by atoms with Crippen molar-refractivity contribution in [2.24, 2.45) is 29.4 Å². The summed E-state index contributed by atoms with van der Waals surface area (Å²) in [4.78, 5) is 12.3. The third-order valence-electron chi connectivity index (χ3n) is 4.97. The van der Waals surface area contributed by atoms with Crippen LogP contribution in [0.3, 0.4) is 0 Å². The van der Waals surface area contributed by atoms with Crippen LogP contribution in [-0.4, -0.2) is 28.3 Å². The summed E-state index contributed by atoms with van der Waals surface area (Å²) in [7, 11) is 0. The van der Waals surface area contributed by atoms with Gasteiger partial charge in [-0.1, -0.05) is 6.92 Å². The summed E-state index contributed by atoms with van der Waals surface area (Å²) < 4.78 is 1.90. The summed E-state index contributed by atoms with van der Waals surface area (Å²) in [5.74, 6) is 1.69. The van der Waals surface area contributed by atoms with Crippen molar-refractivity contribution in [3.63, 3.8) is 0 Å². The molecule has 6 heteroatoms. The Balaban J connectivity index is 0.00000161. The highest BCUT2D eigenvalue weighted by Gasteiger charge is 2.48. The molecule has 1 aromatic rings. The summed E-state index contributed by atoms with van der Waals surface area (Å²) >= 11 is 0. The molecule has 2 aliphatic carbocycles. The minimum absolute atomic E-state index is 0. The van der Waals surface area contributed by atoms with Gasteiger partial charge in [-0.3, -0.25) is 9.48 Å². The minimum Gasteiger partial charge on any atom is -0.355 e. The van der Waals surface area contributed by atoms with Gasteiger partial charge in [0.25, 0.3) is 0 Å². The van der Waals surface area contributed by atoms with Gasteiger partial charge in [-0.2, -0.15) is 5.10 Å². The van der Waals surface area contributed by atoms with E-state index in [2.05, 4.69) is 17.3 Å². The Labute approximate surface area is 132 Å². The van der Waals surface area contributed by atoms with E-state index < -0.39 is 0 Å². The van der Waals surface area contributed by atoms with Crippen LogP contribution in [0.4, 0.5) is 0 Å². The lowest BCUT2D eigenvalue weighted by Gasteiger charge is -2.27. The van der Waals surface area contributed by atoms with E-state index in [1.165, 1.54) is 12.8 Å². The first-order valence-corrected chi connectivity index (χ1v) is 7.66. The molecule has 0 spiro atoms. The number of nitrogens with one attached hydrogen (secondary N) is 1. The van der Waals surface area contributed by atoms with Crippen LogP contribution in [-0.2, 0) is 11.3 Å². The first kappa shape index (κ1) is 16.3. The fourth-order valence-electron chi connectivity index (χ4n) is 3.91. The van der Waals surface area contributed by atoms with Crippen LogP contribution >= 0.6 is 12.4 Å². The molecule has 118 valence electrons. The number of nitrogens with two attached hydrogens (primary N) is 1. The summed E-state index contributed by atoms with van der Waals surface area (Å²) in [6.07, 6.45) is 7.27. The number of carbonyl (C=O) groups is 1. The second kappa shape index (κ2) is 6.79. The lowest BCUT2D eigenvalue weighted by Crippen LogP contribution is -2.46. The molecule has 2 bridgehead atoms. The van der Waals surface area contributed by atoms with Crippen molar-refractivity contribution in [3.05, 3.63) is 18.5 Å². The van der Waals surface area contributed by atoms with E-state index in [0.29, 0.717) is 24.3 Å². The number of carbonyl (C=O) groups excluding carboxylic acids is 1. The molecule has 3 N–H and O–H groups in total. The Bertz CT molecular complexity index is 462. The fraction of sp³-hybridized carbons (Fsp3) is 0.733. The van der Waals surface area contributed by atoms with Crippen molar-refractivity contribution in [2.45, 2.75) is 38.8 Å². The smallest absolute Gasteiger partial charge is 0.224 e. The zero-order valence-corrected chi connectivity index (χ0v) is 13.3. The van der Waals surface area contributed by atoms with Gasteiger partial charge in [0.05, 0.1) is 5.92 Å². The van der Waals surface area contributed by atoms with Gasteiger partial charge < -0.3 is 11.1 Å². The fourth-order valence-corrected chi connectivity index (χ4v) is 3.91. The molecule has 2 fully saturated rings. The van der Waals surface area contributed by atoms with Crippen molar-refractivity contribution >= 4 is 18.3 Å². The second-order valence-electron chi connectivity index (χ2n) is 6.51. The third kappa shape index (κ3) is 3.40. The largest absolute Gasteiger partial charge is 0.355 e. The van der Waals surface area contributed by atoms with Crippen molar-refractivity contribution in [3.8, 4) is 0 Å². The lowest BCUT2D eigenvalue weighted by molar-refractivity contribution is -0.127. The van der Waals surface area contributed by atoms with Crippen LogP contribution in [0.1, 0.15) is 26.2 Å². The minimum atomic E-state index is 0. The van der Waals surface area contributed by atoms with Gasteiger partial charge in [0.2, 0.25) is 5.91 Å². The molecule has 0 aromatic carbocycles. The SMILES string of the molecule is CC(CNC(=O)C1C2CCC(C2)C1N)Cn1cccn1.Cl. The highest BCUT2D eigenvalue weighted by molar-refractivity contribution is 5.85. The number of hydrogen-bond donors (Lipinski definition) is 2. The molecule has 5 nitrogen and oxygen atoms in total. The monoisotopic (exact) mass is 312 g/mol. The van der Waals surface area contributed by atoms with E-state index in [-0.39, 0.29) is 30.3 Å². The van der Waals surface area contributed by atoms with Crippen LogP contribution in [0.25, 0.3) is 0 Å². The summed E-state index contributed by atoms with van der Waals surface area (Å²) in [5.41, 5.74) is 6.21. The molecule has 1 amide bonds. The summed E-state index contributed by atoms with van der Waals surface area (Å²) in [6, 6.07) is 2.00. The third-order valence-corrected chi connectivity index (χ3v) is 4.97. The first-order chi connectivity index (χ1) is 9.65. The van der Waals surface area contributed by atoms with Crippen LogP contribution in [0.15, 0.2) is 18.5 Å². The Morgan fingerprint density at radius 2 is 2.24 bits per heavy atom. The van der Waals surface area contributed by atoms with E-state index in [4.69, 9.17) is 5.73 Å². The van der Waals surface area contributed by atoms with Gasteiger partial charge in [-0.05, 0) is 43.1 Å². The molecular weight excluding hydrogens is 288 g/mol. The number of halogens is 1. The van der Waals surface area contributed by atoms with Crippen molar-refractivity contribution < 1.29 is 4.79 Å². The number of rotatable bonds is 5. The van der Waals surface area contributed by atoms with E-state index >= 15 is 0 Å². The maximum absolute atomic E-state index is 12.3. The molecule has 5 atom stereocenters. The zero-order chi connectivity index (χ0) is 14.1. The summed E-state index contributed by atoms with van der Waals surface area (Å²) in [5, 5.41) is 7.28. The zero-order valence-electron chi connectivity index (χ0n) is 12.4.